The Labute approximate surface area is 70.8 Å². The summed E-state index contributed by atoms with van der Waals surface area (Å²) in [5.74, 6) is 1.91. The highest BCUT2D eigenvalue weighted by Gasteiger charge is 2.42. The molecule has 0 amide bonds. The molecule has 3 nitrogen and oxygen atoms in total. The van der Waals surface area contributed by atoms with E-state index in [1.165, 1.54) is 7.11 Å². The van der Waals surface area contributed by atoms with E-state index in [0.29, 0.717) is 0 Å². The Kier molecular flexibility index (Phi) is 2.89. The van der Waals surface area contributed by atoms with E-state index in [1.807, 2.05) is 0 Å². The number of hydrogen-bond donors (Lipinski definition) is 0. The standard InChI is InChI=1S/C7H10FO3P/c1-3-6-5-12(9,10-2)11-7(6)4-8/h1,6-7H,4-5H2,2H3. The Balaban J connectivity index is 2.73. The van der Waals surface area contributed by atoms with E-state index in [2.05, 4.69) is 10.4 Å². The van der Waals surface area contributed by atoms with Gasteiger partial charge in [-0.15, -0.1) is 6.42 Å². The van der Waals surface area contributed by atoms with Crippen LogP contribution in [-0.4, -0.2) is 26.1 Å². The summed E-state index contributed by atoms with van der Waals surface area (Å²) in [6, 6.07) is 0. The topological polar surface area (TPSA) is 35.5 Å². The van der Waals surface area contributed by atoms with Crippen LogP contribution in [0.15, 0.2) is 0 Å². The molecule has 0 aromatic rings. The largest absolute Gasteiger partial charge is 0.332 e. The molecule has 0 aromatic heterocycles. The second-order valence-corrected chi connectivity index (χ2v) is 4.71. The van der Waals surface area contributed by atoms with E-state index in [-0.39, 0.29) is 6.16 Å². The molecule has 1 saturated heterocycles. The molecule has 5 heteroatoms. The minimum Gasteiger partial charge on any atom is -0.312 e. The lowest BCUT2D eigenvalue weighted by atomic mass is 10.1. The number of rotatable bonds is 2. The predicted molar refractivity (Wildman–Crippen MR) is 42.7 cm³/mol. The van der Waals surface area contributed by atoms with Crippen LogP contribution in [0.25, 0.3) is 0 Å². The average Bonchev–Trinajstić information content (AvgIpc) is 2.43. The molecule has 3 unspecified atom stereocenters. The van der Waals surface area contributed by atoms with Crippen LogP contribution in [0.3, 0.4) is 0 Å². The number of halogens is 1. The summed E-state index contributed by atoms with van der Waals surface area (Å²) in [5.41, 5.74) is 0. The maximum absolute atomic E-state index is 12.2. The monoisotopic (exact) mass is 192 g/mol. The normalized spacial score (nSPS) is 41.1. The first-order chi connectivity index (χ1) is 5.65. The first kappa shape index (κ1) is 9.73. The third kappa shape index (κ3) is 1.69. The second kappa shape index (κ2) is 3.57. The molecule has 1 aliphatic rings. The summed E-state index contributed by atoms with van der Waals surface area (Å²) in [7, 11) is -1.81. The molecule has 1 heterocycles. The molecule has 0 bridgehead atoms. The summed E-state index contributed by atoms with van der Waals surface area (Å²) >= 11 is 0. The summed E-state index contributed by atoms with van der Waals surface area (Å²) in [6.07, 6.45) is 4.46. The van der Waals surface area contributed by atoms with Gasteiger partial charge in [0.15, 0.2) is 0 Å². The van der Waals surface area contributed by atoms with E-state index in [4.69, 9.17) is 10.9 Å². The second-order valence-electron chi connectivity index (χ2n) is 2.55. The number of hydrogen-bond acceptors (Lipinski definition) is 3. The lowest BCUT2D eigenvalue weighted by Gasteiger charge is -2.08. The fourth-order valence-electron chi connectivity index (χ4n) is 1.09. The van der Waals surface area contributed by atoms with Gasteiger partial charge in [-0.25, -0.2) is 4.39 Å². The molecular weight excluding hydrogens is 182 g/mol. The van der Waals surface area contributed by atoms with E-state index < -0.39 is 26.3 Å². The number of terminal acetylenes is 1. The van der Waals surface area contributed by atoms with Gasteiger partial charge in [-0.2, -0.15) is 0 Å². The highest BCUT2D eigenvalue weighted by Crippen LogP contribution is 2.56. The summed E-state index contributed by atoms with van der Waals surface area (Å²) < 4.78 is 33.1. The van der Waals surface area contributed by atoms with Gasteiger partial charge < -0.3 is 9.05 Å². The van der Waals surface area contributed by atoms with E-state index >= 15 is 0 Å². The van der Waals surface area contributed by atoms with Crippen molar-refractivity contribution in [2.75, 3.05) is 19.9 Å². The Hall–Kier alpha value is -0.360. The van der Waals surface area contributed by atoms with E-state index in [0.717, 1.165) is 0 Å². The molecule has 3 atom stereocenters. The highest BCUT2D eigenvalue weighted by atomic mass is 31.2. The minimum atomic E-state index is -3.08. The molecule has 68 valence electrons. The summed E-state index contributed by atoms with van der Waals surface area (Å²) in [4.78, 5) is 0. The third-order valence-corrected chi connectivity index (χ3v) is 3.80. The highest BCUT2D eigenvalue weighted by molar-refractivity contribution is 7.54. The van der Waals surface area contributed by atoms with Gasteiger partial charge in [0.05, 0.1) is 12.1 Å². The van der Waals surface area contributed by atoms with E-state index in [1.54, 1.807) is 0 Å². The van der Waals surface area contributed by atoms with Crippen molar-refractivity contribution in [3.05, 3.63) is 0 Å². The molecule has 0 N–H and O–H groups in total. The van der Waals surface area contributed by atoms with Crippen molar-refractivity contribution in [2.45, 2.75) is 6.10 Å². The minimum absolute atomic E-state index is 0.120. The van der Waals surface area contributed by atoms with Crippen LogP contribution in [0.5, 0.6) is 0 Å². The fourth-order valence-corrected chi connectivity index (χ4v) is 2.85. The van der Waals surface area contributed by atoms with Crippen molar-refractivity contribution in [3.63, 3.8) is 0 Å². The van der Waals surface area contributed by atoms with Crippen LogP contribution in [0.2, 0.25) is 0 Å². The molecule has 12 heavy (non-hydrogen) atoms. The fraction of sp³-hybridized carbons (Fsp3) is 0.714. The zero-order chi connectivity index (χ0) is 9.19. The lowest BCUT2D eigenvalue weighted by molar-refractivity contribution is 0.146. The van der Waals surface area contributed by atoms with Crippen LogP contribution in [-0.2, 0) is 13.6 Å². The third-order valence-electron chi connectivity index (χ3n) is 1.81. The molecule has 0 saturated carbocycles. The molecular formula is C7H10FO3P. The Morgan fingerprint density at radius 2 is 2.58 bits per heavy atom. The van der Waals surface area contributed by atoms with Crippen molar-refractivity contribution in [1.29, 1.82) is 0 Å². The Morgan fingerprint density at radius 1 is 1.92 bits per heavy atom. The molecule has 0 spiro atoms. The van der Waals surface area contributed by atoms with Gasteiger partial charge in [0.25, 0.3) is 0 Å². The Bertz CT molecular complexity index is 248. The molecule has 0 aromatic carbocycles. The smallest absolute Gasteiger partial charge is 0.312 e. The van der Waals surface area contributed by atoms with Gasteiger partial charge in [-0.3, -0.25) is 4.57 Å². The maximum atomic E-state index is 12.2. The van der Waals surface area contributed by atoms with Crippen molar-refractivity contribution in [3.8, 4) is 12.3 Å². The lowest BCUT2D eigenvalue weighted by Crippen LogP contribution is -2.17. The van der Waals surface area contributed by atoms with Gasteiger partial charge in [-0.1, -0.05) is 5.92 Å². The quantitative estimate of drug-likeness (QED) is 0.490. The van der Waals surface area contributed by atoms with Gasteiger partial charge in [0, 0.05) is 7.11 Å². The first-order valence-electron chi connectivity index (χ1n) is 3.50. The van der Waals surface area contributed by atoms with Crippen LogP contribution in [0.1, 0.15) is 0 Å². The van der Waals surface area contributed by atoms with Crippen molar-refractivity contribution >= 4 is 7.60 Å². The van der Waals surface area contributed by atoms with Gasteiger partial charge in [0.1, 0.15) is 12.8 Å². The molecule has 1 fully saturated rings. The zero-order valence-corrected chi connectivity index (χ0v) is 7.59. The van der Waals surface area contributed by atoms with Crippen LogP contribution >= 0.6 is 7.60 Å². The molecule has 0 radical (unpaired) electrons. The summed E-state index contributed by atoms with van der Waals surface area (Å²) in [5, 5.41) is 0. The van der Waals surface area contributed by atoms with Gasteiger partial charge >= 0.3 is 7.60 Å². The van der Waals surface area contributed by atoms with Crippen LogP contribution in [0, 0.1) is 18.3 Å². The number of alkyl halides is 1. The zero-order valence-electron chi connectivity index (χ0n) is 6.70. The maximum Gasteiger partial charge on any atom is 0.332 e. The van der Waals surface area contributed by atoms with Crippen LogP contribution < -0.4 is 0 Å². The molecule has 1 aliphatic heterocycles. The van der Waals surface area contributed by atoms with Crippen molar-refractivity contribution in [1.82, 2.24) is 0 Å². The van der Waals surface area contributed by atoms with Crippen molar-refractivity contribution < 1.29 is 18.0 Å². The first-order valence-corrected chi connectivity index (χ1v) is 5.23. The SMILES string of the molecule is C#CC1CP(=O)(OC)OC1CF. The van der Waals surface area contributed by atoms with Gasteiger partial charge in [-0.05, 0) is 0 Å². The molecule has 0 aliphatic carbocycles. The van der Waals surface area contributed by atoms with E-state index in [9.17, 15) is 8.96 Å². The van der Waals surface area contributed by atoms with Gasteiger partial charge in [0.2, 0.25) is 0 Å². The predicted octanol–water partition coefficient (Wildman–Crippen LogP) is 1.44. The Morgan fingerprint density at radius 3 is 2.92 bits per heavy atom. The molecule has 1 rings (SSSR count). The average molecular weight is 192 g/mol. The van der Waals surface area contributed by atoms with Crippen LogP contribution in [0.4, 0.5) is 4.39 Å². The summed E-state index contributed by atoms with van der Waals surface area (Å²) in [6.45, 7) is -0.720. The van der Waals surface area contributed by atoms with Crippen molar-refractivity contribution in [2.24, 2.45) is 5.92 Å².